The predicted molar refractivity (Wildman–Crippen MR) is 68.1 cm³/mol. The Labute approximate surface area is 110 Å². The summed E-state index contributed by atoms with van der Waals surface area (Å²) in [6.45, 7) is 0. The highest BCUT2D eigenvalue weighted by Crippen LogP contribution is 2.33. The van der Waals surface area contributed by atoms with Crippen LogP contribution in [0.3, 0.4) is 0 Å². The molecule has 0 aliphatic rings. The van der Waals surface area contributed by atoms with Crippen LogP contribution in [0.2, 0.25) is 0 Å². The van der Waals surface area contributed by atoms with Crippen molar-refractivity contribution >= 4 is 33.2 Å². The number of aliphatic carboxylic acids is 1. The third-order valence-corrected chi connectivity index (χ3v) is 4.00. The lowest BCUT2D eigenvalue weighted by atomic mass is 9.99. The van der Waals surface area contributed by atoms with Crippen LogP contribution in [0, 0.1) is 0 Å². The molecule has 2 aromatic heterocycles. The zero-order chi connectivity index (χ0) is 12.3. The Hall–Kier alpha value is -1.27. The molecule has 4 nitrogen and oxygen atoms in total. The second kappa shape index (κ2) is 5.37. The number of aromatic nitrogens is 2. The van der Waals surface area contributed by atoms with Gasteiger partial charge in [-0.25, -0.2) is 0 Å². The first-order valence-electron chi connectivity index (χ1n) is 4.91. The van der Waals surface area contributed by atoms with Gasteiger partial charge in [0.15, 0.2) is 0 Å². The van der Waals surface area contributed by atoms with E-state index in [0.717, 1.165) is 8.66 Å². The van der Waals surface area contributed by atoms with Crippen LogP contribution in [-0.2, 0) is 4.79 Å². The Morgan fingerprint density at radius 1 is 1.47 bits per heavy atom. The first kappa shape index (κ1) is 12.2. The lowest BCUT2D eigenvalue weighted by molar-refractivity contribution is -0.137. The van der Waals surface area contributed by atoms with Crippen LogP contribution >= 0.6 is 27.3 Å². The molecule has 1 unspecified atom stereocenters. The van der Waals surface area contributed by atoms with E-state index in [9.17, 15) is 4.79 Å². The van der Waals surface area contributed by atoms with Crippen LogP contribution in [0.5, 0.6) is 0 Å². The molecule has 2 heterocycles. The molecule has 0 fully saturated rings. The molecule has 0 bridgehead atoms. The molecule has 0 amide bonds. The van der Waals surface area contributed by atoms with Gasteiger partial charge in [0.2, 0.25) is 0 Å². The van der Waals surface area contributed by atoms with Crippen LogP contribution in [0.4, 0.5) is 0 Å². The minimum atomic E-state index is -0.842. The molecule has 1 atom stereocenters. The van der Waals surface area contributed by atoms with Gasteiger partial charge in [-0.1, -0.05) is 0 Å². The van der Waals surface area contributed by atoms with Crippen LogP contribution in [0.25, 0.3) is 0 Å². The maximum Gasteiger partial charge on any atom is 0.304 e. The van der Waals surface area contributed by atoms with E-state index in [1.807, 2.05) is 12.1 Å². The van der Waals surface area contributed by atoms with E-state index in [1.54, 1.807) is 18.3 Å². The molecule has 0 spiro atoms. The van der Waals surface area contributed by atoms with Gasteiger partial charge in [0.25, 0.3) is 0 Å². The Balaban J connectivity index is 2.35. The van der Waals surface area contributed by atoms with Crippen molar-refractivity contribution < 1.29 is 9.90 Å². The highest BCUT2D eigenvalue weighted by Gasteiger charge is 2.21. The van der Waals surface area contributed by atoms with Gasteiger partial charge in [0.05, 0.1) is 15.9 Å². The van der Waals surface area contributed by atoms with E-state index in [1.165, 1.54) is 11.3 Å². The molecule has 6 heteroatoms. The third-order valence-electron chi connectivity index (χ3n) is 2.27. The number of halogens is 1. The summed E-state index contributed by atoms with van der Waals surface area (Å²) < 4.78 is 0.978. The molecule has 88 valence electrons. The van der Waals surface area contributed by atoms with E-state index in [0.29, 0.717) is 5.69 Å². The Morgan fingerprint density at radius 2 is 2.29 bits per heavy atom. The number of nitrogens with zero attached hydrogens (tertiary/aromatic N) is 2. The van der Waals surface area contributed by atoms with Crippen LogP contribution in [0.15, 0.2) is 34.2 Å². The maximum atomic E-state index is 10.9. The van der Waals surface area contributed by atoms with Gasteiger partial charge in [-0.15, -0.1) is 11.3 Å². The number of thiophene rings is 1. The molecule has 0 saturated carbocycles. The summed E-state index contributed by atoms with van der Waals surface area (Å²) in [5.74, 6) is -1.08. The van der Waals surface area contributed by atoms with Gasteiger partial charge in [0, 0.05) is 17.0 Å². The van der Waals surface area contributed by atoms with E-state index < -0.39 is 5.97 Å². The molecule has 2 rings (SSSR count). The van der Waals surface area contributed by atoms with Crippen molar-refractivity contribution in [2.24, 2.45) is 0 Å². The fourth-order valence-electron chi connectivity index (χ4n) is 1.54. The van der Waals surface area contributed by atoms with Crippen molar-refractivity contribution in [3.05, 3.63) is 44.8 Å². The van der Waals surface area contributed by atoms with Gasteiger partial charge in [-0.05, 0) is 40.2 Å². The average molecular weight is 313 g/mol. The number of hydrogen-bond donors (Lipinski definition) is 1. The van der Waals surface area contributed by atoms with Crippen molar-refractivity contribution in [2.75, 3.05) is 0 Å². The minimum absolute atomic E-state index is 0.0195. The van der Waals surface area contributed by atoms with Gasteiger partial charge < -0.3 is 5.11 Å². The number of rotatable bonds is 4. The summed E-state index contributed by atoms with van der Waals surface area (Å²) in [6.07, 6.45) is 1.59. The average Bonchev–Trinajstić information content (AvgIpc) is 2.73. The van der Waals surface area contributed by atoms with Gasteiger partial charge >= 0.3 is 5.97 Å². The molecule has 1 N–H and O–H groups in total. The summed E-state index contributed by atoms with van der Waals surface area (Å²) >= 11 is 4.89. The molecule has 0 saturated heterocycles. The SMILES string of the molecule is O=C(O)CC(c1cccnn1)c1ccc(Br)s1. The maximum absolute atomic E-state index is 10.9. The van der Waals surface area contributed by atoms with Crippen molar-refractivity contribution in [3.8, 4) is 0 Å². The highest BCUT2D eigenvalue weighted by molar-refractivity contribution is 9.11. The monoisotopic (exact) mass is 312 g/mol. The molecule has 2 aromatic rings. The Kier molecular flexibility index (Phi) is 3.86. The number of hydrogen-bond acceptors (Lipinski definition) is 4. The number of carbonyl (C=O) groups is 1. The number of carboxylic acids is 1. The first-order valence-corrected chi connectivity index (χ1v) is 6.52. The topological polar surface area (TPSA) is 63.1 Å². The van der Waals surface area contributed by atoms with Crippen LogP contribution in [-0.4, -0.2) is 21.3 Å². The van der Waals surface area contributed by atoms with Gasteiger partial charge in [0.1, 0.15) is 0 Å². The second-order valence-electron chi connectivity index (χ2n) is 3.44. The molecular formula is C11H9BrN2O2S. The second-order valence-corrected chi connectivity index (χ2v) is 5.94. The smallest absolute Gasteiger partial charge is 0.304 e. The lowest BCUT2D eigenvalue weighted by Crippen LogP contribution is -2.08. The Bertz CT molecular complexity index is 515. The summed E-state index contributed by atoms with van der Waals surface area (Å²) in [6, 6.07) is 7.39. The molecule has 0 aliphatic heterocycles. The molecular weight excluding hydrogens is 304 g/mol. The fraction of sp³-hybridized carbons (Fsp3) is 0.182. The van der Waals surface area contributed by atoms with Crippen molar-refractivity contribution in [2.45, 2.75) is 12.3 Å². The number of carboxylic acid groups (broad SMARTS) is 1. The molecule has 0 radical (unpaired) electrons. The van der Waals surface area contributed by atoms with E-state index in [-0.39, 0.29) is 12.3 Å². The molecule has 17 heavy (non-hydrogen) atoms. The quantitative estimate of drug-likeness (QED) is 0.943. The zero-order valence-electron chi connectivity index (χ0n) is 8.71. The third kappa shape index (κ3) is 3.10. The zero-order valence-corrected chi connectivity index (χ0v) is 11.1. The predicted octanol–water partition coefficient (Wildman–Crippen LogP) is 2.91. The van der Waals surface area contributed by atoms with Gasteiger partial charge in [-0.2, -0.15) is 10.2 Å². The van der Waals surface area contributed by atoms with Gasteiger partial charge in [-0.3, -0.25) is 4.79 Å². The minimum Gasteiger partial charge on any atom is -0.481 e. The molecule has 0 aromatic carbocycles. The van der Waals surface area contributed by atoms with E-state index >= 15 is 0 Å². The normalized spacial score (nSPS) is 12.3. The van der Waals surface area contributed by atoms with E-state index in [4.69, 9.17) is 5.11 Å². The summed E-state index contributed by atoms with van der Waals surface area (Å²) in [4.78, 5) is 11.9. The summed E-state index contributed by atoms with van der Waals surface area (Å²) in [7, 11) is 0. The molecule has 0 aliphatic carbocycles. The standard InChI is InChI=1S/C11H9BrN2O2S/c12-10-4-3-9(17-10)7(6-11(15)16)8-2-1-5-13-14-8/h1-5,7H,6H2,(H,15,16). The van der Waals surface area contributed by atoms with Crippen molar-refractivity contribution in [1.82, 2.24) is 10.2 Å². The summed E-state index contributed by atoms with van der Waals surface area (Å²) in [5.41, 5.74) is 0.684. The first-order chi connectivity index (χ1) is 8.16. The van der Waals surface area contributed by atoms with Crippen molar-refractivity contribution in [1.29, 1.82) is 0 Å². The lowest BCUT2D eigenvalue weighted by Gasteiger charge is -2.11. The highest BCUT2D eigenvalue weighted by atomic mass is 79.9. The summed E-state index contributed by atoms with van der Waals surface area (Å²) in [5, 5.41) is 16.7. The largest absolute Gasteiger partial charge is 0.481 e. The van der Waals surface area contributed by atoms with E-state index in [2.05, 4.69) is 26.1 Å². The van der Waals surface area contributed by atoms with Crippen LogP contribution in [0.1, 0.15) is 22.9 Å². The van der Waals surface area contributed by atoms with Crippen LogP contribution < -0.4 is 0 Å². The fourth-order valence-corrected chi connectivity index (χ4v) is 3.08. The van der Waals surface area contributed by atoms with Crippen molar-refractivity contribution in [3.63, 3.8) is 0 Å². The Morgan fingerprint density at radius 3 is 2.82 bits per heavy atom.